The number of hydrogen-bond acceptors (Lipinski definition) is 4. The van der Waals surface area contributed by atoms with Crippen LogP contribution in [0.4, 0.5) is 0 Å². The van der Waals surface area contributed by atoms with Gasteiger partial charge in [-0.05, 0) is 12.1 Å². The highest BCUT2D eigenvalue weighted by molar-refractivity contribution is 5.93. The van der Waals surface area contributed by atoms with Crippen LogP contribution in [0.2, 0.25) is 0 Å². The topological polar surface area (TPSA) is 47.9 Å². The number of rotatable bonds is 2. The van der Waals surface area contributed by atoms with Gasteiger partial charge in [0.05, 0.1) is 18.3 Å². The van der Waals surface area contributed by atoms with Crippen molar-refractivity contribution in [3.05, 3.63) is 48.9 Å². The molecule has 2 aromatic heterocycles. The summed E-state index contributed by atoms with van der Waals surface area (Å²) in [7, 11) is 1.59. The number of pyridine rings is 1. The number of methoxy groups -OCH3 is 1. The van der Waals surface area contributed by atoms with Crippen LogP contribution in [0.25, 0.3) is 22.2 Å². The summed E-state index contributed by atoms with van der Waals surface area (Å²) in [6, 6.07) is 11.8. The van der Waals surface area contributed by atoms with Crippen LogP contribution in [0, 0.1) is 0 Å². The van der Waals surface area contributed by atoms with Gasteiger partial charge in [0.1, 0.15) is 6.33 Å². The van der Waals surface area contributed by atoms with Crippen molar-refractivity contribution >= 4 is 10.9 Å². The van der Waals surface area contributed by atoms with Gasteiger partial charge in [0.15, 0.2) is 0 Å². The van der Waals surface area contributed by atoms with E-state index in [2.05, 4.69) is 15.0 Å². The fraction of sp³-hybridized carbons (Fsp3) is 0.0714. The molecule has 4 nitrogen and oxygen atoms in total. The van der Waals surface area contributed by atoms with Crippen LogP contribution >= 0.6 is 0 Å². The normalized spacial score (nSPS) is 10.5. The third-order valence-corrected chi connectivity index (χ3v) is 2.77. The maximum Gasteiger partial charge on any atom is 0.216 e. The Morgan fingerprint density at radius 1 is 1.00 bits per heavy atom. The summed E-state index contributed by atoms with van der Waals surface area (Å²) in [5, 5.41) is 1.07. The van der Waals surface area contributed by atoms with Gasteiger partial charge in [-0.1, -0.05) is 18.2 Å². The van der Waals surface area contributed by atoms with E-state index in [4.69, 9.17) is 4.74 Å². The van der Waals surface area contributed by atoms with E-state index in [1.54, 1.807) is 13.3 Å². The van der Waals surface area contributed by atoms with Gasteiger partial charge in [-0.15, -0.1) is 0 Å². The maximum atomic E-state index is 5.12. The Labute approximate surface area is 104 Å². The number of fused-ring (bicyclic) bond motifs is 1. The van der Waals surface area contributed by atoms with Crippen LogP contribution in [0.1, 0.15) is 0 Å². The summed E-state index contributed by atoms with van der Waals surface area (Å²) in [6.45, 7) is 0. The molecule has 0 amide bonds. The lowest BCUT2D eigenvalue weighted by Gasteiger charge is -2.06. The van der Waals surface area contributed by atoms with Gasteiger partial charge < -0.3 is 4.74 Å². The molecule has 0 N–H and O–H groups in total. The van der Waals surface area contributed by atoms with E-state index in [1.807, 2.05) is 36.4 Å². The highest BCUT2D eigenvalue weighted by Crippen LogP contribution is 2.27. The summed E-state index contributed by atoms with van der Waals surface area (Å²) < 4.78 is 5.12. The number of nitrogens with zero attached hydrogens (tertiary/aromatic N) is 3. The second-order valence-electron chi connectivity index (χ2n) is 3.82. The fourth-order valence-electron chi connectivity index (χ4n) is 1.93. The molecule has 0 aliphatic carbocycles. The van der Waals surface area contributed by atoms with E-state index < -0.39 is 0 Å². The first-order valence-electron chi connectivity index (χ1n) is 5.58. The van der Waals surface area contributed by atoms with Crippen molar-refractivity contribution in [2.45, 2.75) is 0 Å². The Hall–Kier alpha value is -2.49. The Kier molecular flexibility index (Phi) is 2.61. The molecule has 0 bridgehead atoms. The molecule has 0 radical (unpaired) electrons. The highest BCUT2D eigenvalue weighted by atomic mass is 16.5. The summed E-state index contributed by atoms with van der Waals surface area (Å²) in [5.41, 5.74) is 2.81. The average Bonchev–Trinajstić information content (AvgIpc) is 2.47. The molecule has 2 heterocycles. The predicted octanol–water partition coefficient (Wildman–Crippen LogP) is 2.70. The van der Waals surface area contributed by atoms with Crippen LogP contribution in [-0.2, 0) is 0 Å². The molecule has 0 atom stereocenters. The van der Waals surface area contributed by atoms with Crippen molar-refractivity contribution in [3.8, 4) is 17.1 Å². The van der Waals surface area contributed by atoms with Crippen molar-refractivity contribution < 1.29 is 4.74 Å². The molecule has 0 fully saturated rings. The summed E-state index contributed by atoms with van der Waals surface area (Å²) in [4.78, 5) is 12.6. The minimum atomic E-state index is 0.556. The third-order valence-electron chi connectivity index (χ3n) is 2.77. The first kappa shape index (κ1) is 10.7. The SMILES string of the molecule is COc1cc(-c2cccc3ncccc23)ncn1. The number of hydrogen-bond donors (Lipinski definition) is 0. The molecule has 88 valence electrons. The van der Waals surface area contributed by atoms with E-state index in [9.17, 15) is 0 Å². The summed E-state index contributed by atoms with van der Waals surface area (Å²) in [5.74, 6) is 0.556. The number of ether oxygens (including phenoxy) is 1. The van der Waals surface area contributed by atoms with Gasteiger partial charge in [0, 0.05) is 23.2 Å². The van der Waals surface area contributed by atoms with Crippen molar-refractivity contribution in [2.24, 2.45) is 0 Å². The molecule has 0 saturated heterocycles. The van der Waals surface area contributed by atoms with Crippen LogP contribution in [0.3, 0.4) is 0 Å². The van der Waals surface area contributed by atoms with Crippen molar-refractivity contribution in [2.75, 3.05) is 7.11 Å². The Balaban J connectivity index is 2.24. The molecule has 3 aromatic rings. The molecular weight excluding hydrogens is 226 g/mol. The summed E-state index contributed by atoms with van der Waals surface area (Å²) in [6.07, 6.45) is 3.29. The van der Waals surface area contributed by atoms with Crippen LogP contribution in [-0.4, -0.2) is 22.1 Å². The molecule has 4 heteroatoms. The van der Waals surface area contributed by atoms with Gasteiger partial charge >= 0.3 is 0 Å². The molecule has 3 rings (SSSR count). The lowest BCUT2D eigenvalue weighted by molar-refractivity contribution is 0.397. The highest BCUT2D eigenvalue weighted by Gasteiger charge is 2.06. The van der Waals surface area contributed by atoms with Gasteiger partial charge in [-0.2, -0.15) is 0 Å². The molecule has 0 aliphatic heterocycles. The predicted molar refractivity (Wildman–Crippen MR) is 69.3 cm³/mol. The van der Waals surface area contributed by atoms with Crippen LogP contribution in [0.15, 0.2) is 48.9 Å². The van der Waals surface area contributed by atoms with Crippen LogP contribution < -0.4 is 4.74 Å². The molecule has 1 aromatic carbocycles. The first-order chi connectivity index (χ1) is 8.88. The van der Waals surface area contributed by atoms with E-state index in [-0.39, 0.29) is 0 Å². The second kappa shape index (κ2) is 4.41. The smallest absolute Gasteiger partial charge is 0.216 e. The van der Waals surface area contributed by atoms with Gasteiger partial charge in [-0.3, -0.25) is 4.98 Å². The molecule has 0 spiro atoms. The van der Waals surface area contributed by atoms with Crippen molar-refractivity contribution in [1.29, 1.82) is 0 Å². The number of benzene rings is 1. The Bertz CT molecular complexity index is 692. The Morgan fingerprint density at radius 3 is 2.83 bits per heavy atom. The number of aromatic nitrogens is 3. The second-order valence-corrected chi connectivity index (χ2v) is 3.82. The van der Waals surface area contributed by atoms with E-state index in [1.165, 1.54) is 6.33 Å². The molecule has 0 unspecified atom stereocenters. The minimum absolute atomic E-state index is 0.556. The lowest BCUT2D eigenvalue weighted by Crippen LogP contribution is -1.91. The zero-order valence-corrected chi connectivity index (χ0v) is 9.87. The monoisotopic (exact) mass is 237 g/mol. The standard InChI is InChI=1S/C14H11N3O/c1-18-14-8-13(16-9-17-14)11-4-2-6-12-10(11)5-3-7-15-12/h2-9H,1H3. The summed E-state index contributed by atoms with van der Waals surface area (Å²) >= 11 is 0. The van der Waals surface area contributed by atoms with Gasteiger partial charge in [0.25, 0.3) is 0 Å². The zero-order valence-electron chi connectivity index (χ0n) is 9.87. The van der Waals surface area contributed by atoms with Gasteiger partial charge in [0.2, 0.25) is 5.88 Å². The van der Waals surface area contributed by atoms with E-state index in [0.29, 0.717) is 5.88 Å². The van der Waals surface area contributed by atoms with E-state index in [0.717, 1.165) is 22.2 Å². The minimum Gasteiger partial charge on any atom is -0.481 e. The zero-order chi connectivity index (χ0) is 12.4. The van der Waals surface area contributed by atoms with Crippen LogP contribution in [0.5, 0.6) is 5.88 Å². The van der Waals surface area contributed by atoms with Crippen molar-refractivity contribution in [3.63, 3.8) is 0 Å². The van der Waals surface area contributed by atoms with Crippen molar-refractivity contribution in [1.82, 2.24) is 15.0 Å². The largest absolute Gasteiger partial charge is 0.481 e. The third kappa shape index (κ3) is 1.78. The van der Waals surface area contributed by atoms with Gasteiger partial charge in [-0.25, -0.2) is 9.97 Å². The molecule has 0 aliphatic rings. The Morgan fingerprint density at radius 2 is 1.94 bits per heavy atom. The molecule has 0 saturated carbocycles. The first-order valence-corrected chi connectivity index (χ1v) is 5.58. The average molecular weight is 237 g/mol. The maximum absolute atomic E-state index is 5.12. The molecule has 18 heavy (non-hydrogen) atoms. The lowest BCUT2D eigenvalue weighted by atomic mass is 10.1. The quantitative estimate of drug-likeness (QED) is 0.687. The molecular formula is C14H11N3O. The van der Waals surface area contributed by atoms with E-state index >= 15 is 0 Å². The fourth-order valence-corrected chi connectivity index (χ4v) is 1.93.